The third-order valence-electron chi connectivity index (χ3n) is 5.80. The summed E-state index contributed by atoms with van der Waals surface area (Å²) in [6.45, 7) is 2.81. The lowest BCUT2D eigenvalue weighted by molar-refractivity contribution is -0.0685. The number of urea groups is 1. The second kappa shape index (κ2) is 8.88. The number of anilines is 1. The van der Waals surface area contributed by atoms with Crippen molar-refractivity contribution in [2.24, 2.45) is 0 Å². The molecule has 2 fully saturated rings. The molecular weight excluding hydrogens is 416 g/mol. The molecule has 2 aliphatic rings. The number of amides is 2. The number of aryl methyl sites for hydroxylation is 1. The average molecular weight is 445 g/mol. The van der Waals surface area contributed by atoms with Crippen molar-refractivity contribution in [1.29, 1.82) is 0 Å². The molecule has 0 bridgehead atoms. The van der Waals surface area contributed by atoms with E-state index in [1.54, 1.807) is 0 Å². The van der Waals surface area contributed by atoms with Crippen molar-refractivity contribution in [2.75, 3.05) is 23.4 Å². The van der Waals surface area contributed by atoms with Crippen LogP contribution in [-0.2, 0) is 21.2 Å². The molecule has 0 saturated carbocycles. The average Bonchev–Trinajstić information content (AvgIpc) is 3.02. The van der Waals surface area contributed by atoms with Gasteiger partial charge < -0.3 is 20.1 Å². The highest BCUT2D eigenvalue weighted by molar-refractivity contribution is 7.91. The van der Waals surface area contributed by atoms with Crippen LogP contribution in [0.4, 0.5) is 10.5 Å². The number of nitrogens with one attached hydrogen (secondary N) is 2. The number of carbonyl (C=O) groups excluding carboxylic acids is 1. The molecule has 0 aromatic heterocycles. The lowest BCUT2D eigenvalue weighted by Gasteiger charge is -2.37. The molecule has 8 heteroatoms. The lowest BCUT2D eigenvalue weighted by Crippen LogP contribution is -2.50. The molecule has 2 aromatic rings. The van der Waals surface area contributed by atoms with E-state index < -0.39 is 15.4 Å². The molecule has 0 aliphatic carbocycles. The van der Waals surface area contributed by atoms with Gasteiger partial charge in [0.2, 0.25) is 0 Å². The summed E-state index contributed by atoms with van der Waals surface area (Å²) in [6.07, 6.45) is 1.65. The van der Waals surface area contributed by atoms with Gasteiger partial charge in [0.15, 0.2) is 9.84 Å². The van der Waals surface area contributed by atoms with Crippen LogP contribution in [0.25, 0.3) is 0 Å². The van der Waals surface area contributed by atoms with Crippen LogP contribution in [0, 0.1) is 6.92 Å². The predicted octanol–water partition coefficient (Wildman–Crippen LogP) is 3.43. The van der Waals surface area contributed by atoms with E-state index in [2.05, 4.69) is 10.6 Å². The minimum Gasteiger partial charge on any atom is -0.487 e. The summed E-state index contributed by atoms with van der Waals surface area (Å²) in [5, 5.41) is 5.86. The van der Waals surface area contributed by atoms with Gasteiger partial charge in [-0.05, 0) is 49.4 Å². The molecule has 166 valence electrons. The first-order valence-corrected chi connectivity index (χ1v) is 12.3. The van der Waals surface area contributed by atoms with Crippen LogP contribution < -0.4 is 15.4 Å². The SMILES string of the molecule is Cc1ccc(NC(=O)N[C@@H]2CCO[C@]3(CCS(=O)(=O)C3)C2)c(OCc2ccccc2)c1. The van der Waals surface area contributed by atoms with Crippen LogP contribution in [0.5, 0.6) is 5.75 Å². The van der Waals surface area contributed by atoms with E-state index in [1.165, 1.54) is 0 Å². The van der Waals surface area contributed by atoms with Gasteiger partial charge in [0.05, 0.1) is 22.8 Å². The third-order valence-corrected chi connectivity index (χ3v) is 7.59. The Balaban J connectivity index is 1.38. The topological polar surface area (TPSA) is 93.7 Å². The summed E-state index contributed by atoms with van der Waals surface area (Å²) >= 11 is 0. The van der Waals surface area contributed by atoms with Gasteiger partial charge in [-0.15, -0.1) is 0 Å². The van der Waals surface area contributed by atoms with Crippen LogP contribution in [-0.4, -0.2) is 44.2 Å². The van der Waals surface area contributed by atoms with Crippen LogP contribution in [0.3, 0.4) is 0 Å². The number of benzene rings is 2. The largest absolute Gasteiger partial charge is 0.487 e. The predicted molar refractivity (Wildman–Crippen MR) is 119 cm³/mol. The summed E-state index contributed by atoms with van der Waals surface area (Å²) in [5.41, 5.74) is 1.99. The molecule has 31 heavy (non-hydrogen) atoms. The van der Waals surface area contributed by atoms with Crippen LogP contribution in [0.1, 0.15) is 30.4 Å². The van der Waals surface area contributed by atoms with Gasteiger partial charge in [0, 0.05) is 12.6 Å². The fourth-order valence-electron chi connectivity index (χ4n) is 4.24. The molecular formula is C23H28N2O5S. The Bertz CT molecular complexity index is 1040. The van der Waals surface area contributed by atoms with Gasteiger partial charge in [-0.1, -0.05) is 36.4 Å². The Morgan fingerprint density at radius 2 is 2.03 bits per heavy atom. The Kier molecular flexibility index (Phi) is 6.20. The summed E-state index contributed by atoms with van der Waals surface area (Å²) < 4.78 is 35.6. The lowest BCUT2D eigenvalue weighted by atomic mass is 9.90. The Hall–Kier alpha value is -2.58. The maximum atomic E-state index is 12.7. The molecule has 2 aromatic carbocycles. The van der Waals surface area contributed by atoms with E-state index in [1.807, 2.05) is 55.5 Å². The summed E-state index contributed by atoms with van der Waals surface area (Å²) in [4.78, 5) is 12.7. The van der Waals surface area contributed by atoms with Crippen molar-refractivity contribution in [3.8, 4) is 5.75 Å². The standard InChI is InChI=1S/C23H28N2O5S/c1-17-7-8-20(21(13-17)29-15-18-5-3-2-4-6-18)25-22(26)24-19-9-11-30-23(14-19)10-12-31(27,28)16-23/h2-8,13,19H,9-12,14-16H2,1H3,(H2,24,25,26)/t19-,23-/m1/s1. The summed E-state index contributed by atoms with van der Waals surface area (Å²) in [5.74, 6) is 0.788. The van der Waals surface area contributed by atoms with Crippen molar-refractivity contribution < 1.29 is 22.7 Å². The molecule has 2 N–H and O–H groups in total. The van der Waals surface area contributed by atoms with E-state index in [4.69, 9.17) is 9.47 Å². The van der Waals surface area contributed by atoms with Crippen molar-refractivity contribution in [3.05, 3.63) is 59.7 Å². The van der Waals surface area contributed by atoms with E-state index in [0.29, 0.717) is 43.9 Å². The zero-order chi connectivity index (χ0) is 21.9. The molecule has 2 amide bonds. The summed E-state index contributed by atoms with van der Waals surface area (Å²) in [6, 6.07) is 15.0. The molecule has 2 aliphatic heterocycles. The van der Waals surface area contributed by atoms with Crippen LogP contribution in [0.2, 0.25) is 0 Å². The highest BCUT2D eigenvalue weighted by Gasteiger charge is 2.46. The first kappa shape index (κ1) is 21.6. The van der Waals surface area contributed by atoms with Crippen LogP contribution >= 0.6 is 0 Å². The molecule has 2 atom stereocenters. The second-order valence-electron chi connectivity index (χ2n) is 8.44. The van der Waals surface area contributed by atoms with Gasteiger partial charge in [-0.2, -0.15) is 0 Å². The maximum absolute atomic E-state index is 12.7. The number of hydrogen-bond acceptors (Lipinski definition) is 5. The van der Waals surface area contributed by atoms with Gasteiger partial charge in [-0.25, -0.2) is 13.2 Å². The van der Waals surface area contributed by atoms with Crippen LogP contribution in [0.15, 0.2) is 48.5 Å². The van der Waals surface area contributed by atoms with E-state index in [9.17, 15) is 13.2 Å². The molecule has 0 unspecified atom stereocenters. The van der Waals surface area contributed by atoms with Crippen molar-refractivity contribution in [1.82, 2.24) is 5.32 Å². The normalized spacial score (nSPS) is 24.6. The number of rotatable bonds is 5. The zero-order valence-corrected chi connectivity index (χ0v) is 18.4. The second-order valence-corrected chi connectivity index (χ2v) is 10.6. The zero-order valence-electron chi connectivity index (χ0n) is 17.6. The highest BCUT2D eigenvalue weighted by atomic mass is 32.2. The first-order valence-electron chi connectivity index (χ1n) is 10.5. The fourth-order valence-corrected chi connectivity index (χ4v) is 6.22. The Morgan fingerprint density at radius 3 is 2.77 bits per heavy atom. The minimum atomic E-state index is -3.06. The summed E-state index contributed by atoms with van der Waals surface area (Å²) in [7, 11) is -3.06. The monoisotopic (exact) mass is 444 g/mol. The minimum absolute atomic E-state index is 0.0369. The highest BCUT2D eigenvalue weighted by Crippen LogP contribution is 2.35. The number of sulfone groups is 1. The van der Waals surface area contributed by atoms with Gasteiger partial charge in [-0.3, -0.25) is 0 Å². The molecule has 4 rings (SSSR count). The van der Waals surface area contributed by atoms with Gasteiger partial charge in [0.1, 0.15) is 12.4 Å². The Labute approximate surface area is 183 Å². The molecule has 2 heterocycles. The van der Waals surface area contributed by atoms with E-state index >= 15 is 0 Å². The number of ether oxygens (including phenoxy) is 2. The molecule has 0 radical (unpaired) electrons. The first-order chi connectivity index (χ1) is 14.8. The number of hydrogen-bond donors (Lipinski definition) is 2. The van der Waals surface area contributed by atoms with E-state index in [0.717, 1.165) is 11.1 Å². The third kappa shape index (κ3) is 5.57. The van der Waals surface area contributed by atoms with Crippen molar-refractivity contribution >= 4 is 21.6 Å². The fraction of sp³-hybridized carbons (Fsp3) is 0.435. The smallest absolute Gasteiger partial charge is 0.319 e. The van der Waals surface area contributed by atoms with Crippen molar-refractivity contribution in [2.45, 2.75) is 44.4 Å². The van der Waals surface area contributed by atoms with E-state index in [-0.39, 0.29) is 23.6 Å². The molecule has 7 nitrogen and oxygen atoms in total. The van der Waals surface area contributed by atoms with Crippen molar-refractivity contribution in [3.63, 3.8) is 0 Å². The van der Waals surface area contributed by atoms with Gasteiger partial charge in [0.25, 0.3) is 0 Å². The molecule has 1 spiro atoms. The number of carbonyl (C=O) groups is 1. The quantitative estimate of drug-likeness (QED) is 0.737. The molecule has 2 saturated heterocycles. The Morgan fingerprint density at radius 1 is 1.23 bits per heavy atom. The maximum Gasteiger partial charge on any atom is 0.319 e. The van der Waals surface area contributed by atoms with Gasteiger partial charge >= 0.3 is 6.03 Å².